The highest BCUT2D eigenvalue weighted by Crippen LogP contribution is 2.39. The van der Waals surface area contributed by atoms with E-state index >= 15 is 0 Å². The van der Waals surface area contributed by atoms with E-state index in [1.165, 1.54) is 11.8 Å². The van der Waals surface area contributed by atoms with Gasteiger partial charge in [0.25, 0.3) is 0 Å². The molecule has 0 bridgehead atoms. The normalized spacial score (nSPS) is 17.7. The Morgan fingerprint density at radius 2 is 2.05 bits per heavy atom. The summed E-state index contributed by atoms with van der Waals surface area (Å²) in [5.74, 6) is -0.412. The summed E-state index contributed by atoms with van der Waals surface area (Å²) in [6.07, 6.45) is 4.77. The standard InChI is InChI=1S/C29H30N2O4S2/c1-4-35-24-12-11-20(14-19(24)3)28-21(17-31(30-28)22-8-6-5-7-9-22)15-25-29(34)23(16-27(36)37-25)18(2)10-13-26(32)33/h5-9,11-12,14-15,17-18,23H,4,10,13,16H2,1-3H3,(H,32,33). The lowest BCUT2D eigenvalue weighted by Crippen LogP contribution is -2.29. The van der Waals surface area contributed by atoms with Crippen LogP contribution >= 0.6 is 24.0 Å². The van der Waals surface area contributed by atoms with E-state index in [1.807, 2.05) is 86.3 Å². The predicted molar refractivity (Wildman–Crippen MR) is 152 cm³/mol. The number of aryl methyl sites for hydroxylation is 1. The number of carboxylic acids is 1. The number of allylic oxidation sites excluding steroid dienone is 1. The Morgan fingerprint density at radius 3 is 2.73 bits per heavy atom. The van der Waals surface area contributed by atoms with Crippen molar-refractivity contribution >= 4 is 46.0 Å². The number of hydrogen-bond donors (Lipinski definition) is 1. The fraction of sp³-hybridized carbons (Fsp3) is 0.310. The maximum Gasteiger partial charge on any atom is 0.303 e. The molecule has 1 aliphatic rings. The Hall–Kier alpha value is -3.23. The SMILES string of the molecule is CCOc1ccc(-c2nn(-c3ccccc3)cc2C=C2SC(=S)CC(C(C)CCC(=O)O)C2=O)cc1C. The molecule has 1 fully saturated rings. The Balaban J connectivity index is 1.75. The second-order valence-electron chi connectivity index (χ2n) is 9.19. The van der Waals surface area contributed by atoms with E-state index in [0.717, 1.165) is 38.0 Å². The van der Waals surface area contributed by atoms with E-state index in [9.17, 15) is 9.59 Å². The number of thiocarbonyl (C=S) groups is 1. The molecule has 1 aliphatic heterocycles. The predicted octanol–water partition coefficient (Wildman–Crippen LogP) is 6.74. The maximum atomic E-state index is 13.5. The van der Waals surface area contributed by atoms with Crippen LogP contribution in [0.3, 0.4) is 0 Å². The van der Waals surface area contributed by atoms with Crippen LogP contribution in [-0.4, -0.2) is 37.4 Å². The number of aliphatic carboxylic acids is 1. The smallest absolute Gasteiger partial charge is 0.303 e. The van der Waals surface area contributed by atoms with Crippen LogP contribution in [0, 0.1) is 18.8 Å². The topological polar surface area (TPSA) is 81.4 Å². The first-order valence-electron chi connectivity index (χ1n) is 12.3. The summed E-state index contributed by atoms with van der Waals surface area (Å²) in [6, 6.07) is 15.8. The summed E-state index contributed by atoms with van der Waals surface area (Å²) < 4.78 is 8.27. The number of rotatable bonds is 9. The molecular weight excluding hydrogens is 504 g/mol. The zero-order valence-corrected chi connectivity index (χ0v) is 22.8. The van der Waals surface area contributed by atoms with Gasteiger partial charge in [-0.2, -0.15) is 5.10 Å². The monoisotopic (exact) mass is 534 g/mol. The van der Waals surface area contributed by atoms with Crippen LogP contribution in [0.2, 0.25) is 0 Å². The van der Waals surface area contributed by atoms with E-state index in [1.54, 1.807) is 0 Å². The minimum Gasteiger partial charge on any atom is -0.494 e. The quantitative estimate of drug-likeness (QED) is 0.241. The van der Waals surface area contributed by atoms with Crippen LogP contribution in [0.15, 0.2) is 59.6 Å². The number of carbonyl (C=O) groups excluding carboxylic acids is 1. The largest absolute Gasteiger partial charge is 0.494 e. The summed E-state index contributed by atoms with van der Waals surface area (Å²) >= 11 is 6.89. The molecule has 192 valence electrons. The van der Waals surface area contributed by atoms with Crippen molar-refractivity contribution in [1.29, 1.82) is 0 Å². The number of carboxylic acid groups (broad SMARTS) is 1. The number of para-hydroxylation sites is 1. The van der Waals surface area contributed by atoms with Gasteiger partial charge in [-0.1, -0.05) is 49.1 Å². The van der Waals surface area contributed by atoms with Gasteiger partial charge in [0.1, 0.15) is 11.4 Å². The average molecular weight is 535 g/mol. The number of nitrogens with zero attached hydrogens (tertiary/aromatic N) is 2. The Morgan fingerprint density at radius 1 is 1.30 bits per heavy atom. The molecule has 2 unspecified atom stereocenters. The molecule has 37 heavy (non-hydrogen) atoms. The molecule has 1 saturated heterocycles. The summed E-state index contributed by atoms with van der Waals surface area (Å²) in [5, 5.41) is 14.0. The third kappa shape index (κ3) is 6.37. The summed E-state index contributed by atoms with van der Waals surface area (Å²) in [6.45, 7) is 6.48. The molecule has 1 N–H and O–H groups in total. The van der Waals surface area contributed by atoms with Gasteiger partial charge >= 0.3 is 5.97 Å². The van der Waals surface area contributed by atoms with Gasteiger partial charge in [0.05, 0.1) is 21.4 Å². The molecule has 0 saturated carbocycles. The van der Waals surface area contributed by atoms with Gasteiger partial charge < -0.3 is 9.84 Å². The molecule has 2 heterocycles. The van der Waals surface area contributed by atoms with Crippen LogP contribution in [0.4, 0.5) is 0 Å². The molecule has 6 nitrogen and oxygen atoms in total. The minimum atomic E-state index is -0.855. The van der Waals surface area contributed by atoms with Crippen LogP contribution in [0.5, 0.6) is 5.75 Å². The number of aromatic nitrogens is 2. The molecule has 0 amide bonds. The number of ketones is 1. The van der Waals surface area contributed by atoms with Crippen molar-refractivity contribution in [1.82, 2.24) is 9.78 Å². The molecule has 0 aliphatic carbocycles. The molecule has 2 aromatic carbocycles. The van der Waals surface area contributed by atoms with Gasteiger partial charge in [0.2, 0.25) is 0 Å². The van der Waals surface area contributed by atoms with Gasteiger partial charge in [-0.15, -0.1) is 0 Å². The highest BCUT2D eigenvalue weighted by Gasteiger charge is 2.34. The summed E-state index contributed by atoms with van der Waals surface area (Å²) in [7, 11) is 0. The number of carbonyl (C=O) groups is 2. The molecule has 0 radical (unpaired) electrons. The molecule has 0 spiro atoms. The van der Waals surface area contributed by atoms with Crippen LogP contribution in [0.1, 0.15) is 44.2 Å². The van der Waals surface area contributed by atoms with Crippen molar-refractivity contribution in [3.05, 3.63) is 70.8 Å². The van der Waals surface area contributed by atoms with Crippen molar-refractivity contribution in [2.45, 2.75) is 40.0 Å². The van der Waals surface area contributed by atoms with E-state index < -0.39 is 5.97 Å². The number of hydrogen-bond acceptors (Lipinski definition) is 6. The number of ether oxygens (including phenoxy) is 1. The lowest BCUT2D eigenvalue weighted by molar-refractivity contribution is -0.137. The minimum absolute atomic E-state index is 0.0118. The lowest BCUT2D eigenvalue weighted by atomic mass is 9.84. The zero-order valence-electron chi connectivity index (χ0n) is 21.1. The first-order valence-corrected chi connectivity index (χ1v) is 13.6. The van der Waals surface area contributed by atoms with E-state index in [0.29, 0.717) is 24.4 Å². The van der Waals surface area contributed by atoms with Crippen molar-refractivity contribution in [2.24, 2.45) is 11.8 Å². The number of Topliss-reactive ketones (excluding diaryl/α,β-unsaturated/α-hetero) is 1. The third-order valence-corrected chi connectivity index (χ3v) is 7.84. The van der Waals surface area contributed by atoms with Crippen molar-refractivity contribution < 1.29 is 19.4 Å². The number of thioether (sulfide) groups is 1. The molecule has 1 aromatic heterocycles. The van der Waals surface area contributed by atoms with Gasteiger partial charge in [-0.3, -0.25) is 9.59 Å². The van der Waals surface area contributed by atoms with Crippen LogP contribution in [-0.2, 0) is 9.59 Å². The molecule has 3 aromatic rings. The maximum absolute atomic E-state index is 13.5. The molecule has 2 atom stereocenters. The Bertz CT molecular complexity index is 1350. The third-order valence-electron chi connectivity index (χ3n) is 6.49. The van der Waals surface area contributed by atoms with E-state index in [-0.39, 0.29) is 24.0 Å². The highest BCUT2D eigenvalue weighted by molar-refractivity contribution is 8.26. The van der Waals surface area contributed by atoms with Gasteiger partial charge in [-0.05, 0) is 74.6 Å². The fourth-order valence-corrected chi connectivity index (χ4v) is 5.86. The summed E-state index contributed by atoms with van der Waals surface area (Å²) in [5.41, 5.74) is 4.40. The Labute approximate surface area is 226 Å². The Kier molecular flexibility index (Phi) is 8.61. The van der Waals surface area contributed by atoms with E-state index in [4.69, 9.17) is 27.2 Å². The van der Waals surface area contributed by atoms with Crippen molar-refractivity contribution in [3.8, 4) is 22.7 Å². The van der Waals surface area contributed by atoms with Crippen molar-refractivity contribution in [2.75, 3.05) is 6.61 Å². The number of benzene rings is 2. The van der Waals surface area contributed by atoms with E-state index in [2.05, 4.69) is 0 Å². The second kappa shape index (κ2) is 11.9. The van der Waals surface area contributed by atoms with Gasteiger partial charge in [-0.25, -0.2) is 4.68 Å². The average Bonchev–Trinajstić information content (AvgIpc) is 3.30. The van der Waals surface area contributed by atoms with Gasteiger partial charge in [0.15, 0.2) is 5.78 Å². The molecular formula is C29H30N2O4S2. The fourth-order valence-electron chi connectivity index (χ4n) is 4.47. The summed E-state index contributed by atoms with van der Waals surface area (Å²) in [4.78, 5) is 25.2. The van der Waals surface area contributed by atoms with Gasteiger partial charge in [0, 0.05) is 29.7 Å². The van der Waals surface area contributed by atoms with Crippen LogP contribution in [0.25, 0.3) is 23.0 Å². The highest BCUT2D eigenvalue weighted by atomic mass is 32.2. The lowest BCUT2D eigenvalue weighted by Gasteiger charge is -2.27. The van der Waals surface area contributed by atoms with Crippen LogP contribution < -0.4 is 4.74 Å². The zero-order chi connectivity index (χ0) is 26.5. The first-order chi connectivity index (χ1) is 17.8. The second-order valence-corrected chi connectivity index (χ2v) is 11.1. The first kappa shape index (κ1) is 26.8. The molecule has 4 rings (SSSR count). The molecule has 8 heteroatoms. The van der Waals surface area contributed by atoms with Crippen molar-refractivity contribution in [3.63, 3.8) is 0 Å².